The van der Waals surface area contributed by atoms with Gasteiger partial charge in [0.05, 0.1) is 6.61 Å². The van der Waals surface area contributed by atoms with E-state index in [1.807, 2.05) is 48.3 Å². The van der Waals surface area contributed by atoms with Gasteiger partial charge in [0, 0.05) is 31.4 Å². The zero-order chi connectivity index (χ0) is 20.5. The number of benzene rings is 2. The Morgan fingerprint density at radius 1 is 1.03 bits per heavy atom. The Morgan fingerprint density at radius 3 is 2.38 bits per heavy atom. The third-order valence-corrected chi connectivity index (χ3v) is 5.63. The van der Waals surface area contributed by atoms with Crippen LogP contribution in [0.15, 0.2) is 48.5 Å². The maximum atomic E-state index is 12.7. The van der Waals surface area contributed by atoms with E-state index < -0.39 is 0 Å². The molecule has 0 heterocycles. The number of hydrogen-bond donors (Lipinski definition) is 1. The molecule has 4 heteroatoms. The number of carbonyl (C=O) groups is 1. The van der Waals surface area contributed by atoms with Crippen LogP contribution in [0.2, 0.25) is 0 Å². The van der Waals surface area contributed by atoms with Gasteiger partial charge < -0.3 is 15.0 Å². The Hall–Kier alpha value is -2.49. The van der Waals surface area contributed by atoms with Crippen LogP contribution in [0, 0.1) is 5.92 Å². The van der Waals surface area contributed by atoms with Crippen LogP contribution in [0.3, 0.4) is 0 Å². The number of nitrogens with one attached hydrogen (secondary N) is 1. The lowest BCUT2D eigenvalue weighted by atomic mass is 9.89. The molecular formula is C25H34N2O2. The van der Waals surface area contributed by atoms with E-state index in [0.717, 1.165) is 43.1 Å². The van der Waals surface area contributed by atoms with Crippen molar-refractivity contribution >= 4 is 11.6 Å². The second-order valence-electron chi connectivity index (χ2n) is 8.11. The Morgan fingerprint density at radius 2 is 1.72 bits per heavy atom. The molecule has 3 rings (SSSR count). The molecule has 0 aromatic heterocycles. The molecule has 1 aliphatic rings. The number of ether oxygens (including phenoxy) is 1. The summed E-state index contributed by atoms with van der Waals surface area (Å²) in [4.78, 5) is 14.6. The summed E-state index contributed by atoms with van der Waals surface area (Å²) < 4.78 is 5.62. The fourth-order valence-electron chi connectivity index (χ4n) is 3.92. The van der Waals surface area contributed by atoms with Crippen molar-refractivity contribution in [1.29, 1.82) is 0 Å². The van der Waals surface area contributed by atoms with Crippen LogP contribution in [0.25, 0.3) is 0 Å². The molecule has 2 aromatic carbocycles. The first-order valence-corrected chi connectivity index (χ1v) is 11.0. The number of hydrogen-bond acceptors (Lipinski definition) is 3. The molecule has 0 spiro atoms. The van der Waals surface area contributed by atoms with Gasteiger partial charge in [-0.05, 0) is 67.1 Å². The minimum atomic E-state index is 0.116. The second kappa shape index (κ2) is 10.9. The highest BCUT2D eigenvalue weighted by molar-refractivity contribution is 5.94. The number of amides is 1. The molecule has 0 aliphatic heterocycles. The van der Waals surface area contributed by atoms with Crippen LogP contribution in [0.1, 0.15) is 61.4 Å². The van der Waals surface area contributed by atoms with Gasteiger partial charge in [-0.15, -0.1) is 0 Å². The van der Waals surface area contributed by atoms with Gasteiger partial charge in [0.15, 0.2) is 0 Å². The summed E-state index contributed by atoms with van der Waals surface area (Å²) in [7, 11) is 1.93. The highest BCUT2D eigenvalue weighted by atomic mass is 16.5. The van der Waals surface area contributed by atoms with Crippen LogP contribution in [0.5, 0.6) is 5.75 Å². The molecule has 0 bridgehead atoms. The van der Waals surface area contributed by atoms with Crippen molar-refractivity contribution in [2.75, 3.05) is 25.5 Å². The SMILES string of the molecule is CCCOc1ccc(CNc2ccc(C(=O)N(C)CC3CCCCC3)cc2)cc1. The molecular weight excluding hydrogens is 360 g/mol. The first-order valence-electron chi connectivity index (χ1n) is 11.0. The quantitative estimate of drug-likeness (QED) is 0.590. The van der Waals surface area contributed by atoms with Crippen molar-refractivity contribution in [3.63, 3.8) is 0 Å². The molecule has 0 unspecified atom stereocenters. The molecule has 1 aliphatic carbocycles. The maximum Gasteiger partial charge on any atom is 0.253 e. The number of rotatable bonds is 9. The van der Waals surface area contributed by atoms with Gasteiger partial charge in [-0.1, -0.05) is 38.3 Å². The molecule has 1 amide bonds. The Labute approximate surface area is 175 Å². The minimum absolute atomic E-state index is 0.116. The Balaban J connectivity index is 1.48. The predicted molar refractivity (Wildman–Crippen MR) is 120 cm³/mol. The lowest BCUT2D eigenvalue weighted by molar-refractivity contribution is 0.0760. The molecule has 156 valence electrons. The average molecular weight is 395 g/mol. The second-order valence-corrected chi connectivity index (χ2v) is 8.11. The zero-order valence-electron chi connectivity index (χ0n) is 17.8. The predicted octanol–water partition coefficient (Wildman–Crippen LogP) is 5.74. The van der Waals surface area contributed by atoms with E-state index in [9.17, 15) is 4.79 Å². The monoisotopic (exact) mass is 394 g/mol. The summed E-state index contributed by atoms with van der Waals surface area (Å²) in [6.45, 7) is 4.46. The van der Waals surface area contributed by atoms with Gasteiger partial charge in [-0.25, -0.2) is 0 Å². The molecule has 0 atom stereocenters. The van der Waals surface area contributed by atoms with Crippen molar-refractivity contribution < 1.29 is 9.53 Å². The van der Waals surface area contributed by atoms with Gasteiger partial charge in [-0.2, -0.15) is 0 Å². The summed E-state index contributed by atoms with van der Waals surface area (Å²) in [6, 6.07) is 16.0. The van der Waals surface area contributed by atoms with E-state index >= 15 is 0 Å². The molecule has 29 heavy (non-hydrogen) atoms. The summed E-state index contributed by atoms with van der Waals surface area (Å²) in [5.74, 6) is 1.69. The Bertz CT molecular complexity index is 749. The van der Waals surface area contributed by atoms with Crippen molar-refractivity contribution in [3.05, 3.63) is 59.7 Å². The molecule has 4 nitrogen and oxygen atoms in total. The molecule has 1 fully saturated rings. The zero-order valence-corrected chi connectivity index (χ0v) is 17.8. The topological polar surface area (TPSA) is 41.6 Å². The van der Waals surface area contributed by atoms with E-state index in [1.54, 1.807) is 0 Å². The normalized spacial score (nSPS) is 14.4. The first-order chi connectivity index (χ1) is 14.2. The fourth-order valence-corrected chi connectivity index (χ4v) is 3.92. The summed E-state index contributed by atoms with van der Waals surface area (Å²) in [5, 5.41) is 3.42. The van der Waals surface area contributed by atoms with Crippen LogP contribution in [-0.2, 0) is 6.54 Å². The van der Waals surface area contributed by atoms with Crippen LogP contribution in [0.4, 0.5) is 5.69 Å². The Kier molecular flexibility index (Phi) is 7.97. The largest absolute Gasteiger partial charge is 0.494 e. The highest BCUT2D eigenvalue weighted by Gasteiger charge is 2.19. The standard InChI is InChI=1S/C25H34N2O2/c1-3-17-29-24-15-9-20(10-16-24)18-26-23-13-11-22(12-14-23)25(28)27(2)19-21-7-5-4-6-8-21/h9-16,21,26H,3-8,17-19H2,1-2H3. The first kappa shape index (κ1) is 21.2. The summed E-state index contributed by atoms with van der Waals surface area (Å²) in [6.07, 6.45) is 7.49. The van der Waals surface area contributed by atoms with Gasteiger partial charge in [0.2, 0.25) is 0 Å². The summed E-state index contributed by atoms with van der Waals surface area (Å²) >= 11 is 0. The van der Waals surface area contributed by atoms with E-state index in [0.29, 0.717) is 5.92 Å². The molecule has 1 N–H and O–H groups in total. The lowest BCUT2D eigenvalue weighted by Crippen LogP contribution is -2.32. The number of carbonyl (C=O) groups excluding carboxylic acids is 1. The van der Waals surface area contributed by atoms with E-state index in [1.165, 1.54) is 37.7 Å². The van der Waals surface area contributed by atoms with Crippen molar-refractivity contribution in [1.82, 2.24) is 4.90 Å². The summed E-state index contributed by atoms with van der Waals surface area (Å²) in [5.41, 5.74) is 2.97. The van der Waals surface area contributed by atoms with E-state index in [-0.39, 0.29) is 5.91 Å². The lowest BCUT2D eigenvalue weighted by Gasteiger charge is -2.27. The van der Waals surface area contributed by atoms with Crippen LogP contribution in [-0.4, -0.2) is 31.0 Å². The number of anilines is 1. The number of nitrogens with zero attached hydrogens (tertiary/aromatic N) is 1. The van der Waals surface area contributed by atoms with Crippen molar-refractivity contribution in [2.24, 2.45) is 5.92 Å². The minimum Gasteiger partial charge on any atom is -0.494 e. The maximum absolute atomic E-state index is 12.7. The van der Waals surface area contributed by atoms with Gasteiger partial charge in [0.1, 0.15) is 5.75 Å². The van der Waals surface area contributed by atoms with E-state index in [2.05, 4.69) is 24.4 Å². The van der Waals surface area contributed by atoms with Crippen LogP contribution < -0.4 is 10.1 Å². The smallest absolute Gasteiger partial charge is 0.253 e. The highest BCUT2D eigenvalue weighted by Crippen LogP contribution is 2.24. The third kappa shape index (κ3) is 6.52. The van der Waals surface area contributed by atoms with Crippen molar-refractivity contribution in [3.8, 4) is 5.75 Å². The molecule has 0 saturated heterocycles. The van der Waals surface area contributed by atoms with Crippen LogP contribution >= 0.6 is 0 Å². The van der Waals surface area contributed by atoms with Gasteiger partial charge in [-0.3, -0.25) is 4.79 Å². The molecule has 0 radical (unpaired) electrons. The average Bonchev–Trinajstić information content (AvgIpc) is 2.77. The molecule has 2 aromatic rings. The van der Waals surface area contributed by atoms with Crippen molar-refractivity contribution in [2.45, 2.75) is 52.0 Å². The molecule has 1 saturated carbocycles. The van der Waals surface area contributed by atoms with Gasteiger partial charge in [0.25, 0.3) is 5.91 Å². The van der Waals surface area contributed by atoms with E-state index in [4.69, 9.17) is 4.74 Å². The fraction of sp³-hybridized carbons (Fsp3) is 0.480. The third-order valence-electron chi connectivity index (χ3n) is 5.63. The van der Waals surface area contributed by atoms with Gasteiger partial charge >= 0.3 is 0 Å².